The van der Waals surface area contributed by atoms with E-state index in [9.17, 15) is 27.5 Å². The summed E-state index contributed by atoms with van der Waals surface area (Å²) in [7, 11) is -2.20. The number of aromatic carboxylic acids is 1. The Kier molecular flexibility index (Phi) is 10.8. The van der Waals surface area contributed by atoms with Gasteiger partial charge in [0.15, 0.2) is 0 Å². The molecular formula is C34H37FN2O8S. The second kappa shape index (κ2) is 15.0. The lowest BCUT2D eigenvalue weighted by Gasteiger charge is -2.12. The number of rotatable bonds is 17. The first-order chi connectivity index (χ1) is 22.2. The number of benzene rings is 3. The number of carbonyl (C=O) groups is 2. The van der Waals surface area contributed by atoms with Crippen LogP contribution in [-0.2, 0) is 31.7 Å². The fourth-order valence-electron chi connectivity index (χ4n) is 5.41. The van der Waals surface area contributed by atoms with Crippen molar-refractivity contribution in [1.82, 2.24) is 10.0 Å². The van der Waals surface area contributed by atoms with Gasteiger partial charge in [-0.25, -0.2) is 22.3 Å². The number of sulfonamides is 1. The van der Waals surface area contributed by atoms with Crippen LogP contribution in [-0.4, -0.2) is 65.4 Å². The Morgan fingerprint density at radius 2 is 1.70 bits per heavy atom. The van der Waals surface area contributed by atoms with E-state index in [1.807, 2.05) is 12.1 Å². The molecule has 5 rings (SSSR count). The molecule has 46 heavy (non-hydrogen) atoms. The second-order valence-corrected chi connectivity index (χ2v) is 13.0. The molecule has 1 aliphatic carbocycles. The van der Waals surface area contributed by atoms with E-state index in [0.29, 0.717) is 71.6 Å². The van der Waals surface area contributed by atoms with Crippen molar-refractivity contribution in [2.75, 3.05) is 40.0 Å². The van der Waals surface area contributed by atoms with E-state index >= 15 is 0 Å². The highest BCUT2D eigenvalue weighted by atomic mass is 32.2. The topological polar surface area (TPSA) is 144 Å². The van der Waals surface area contributed by atoms with Crippen LogP contribution in [0.5, 0.6) is 0 Å². The van der Waals surface area contributed by atoms with Crippen molar-refractivity contribution in [2.24, 2.45) is 0 Å². The van der Waals surface area contributed by atoms with Crippen molar-refractivity contribution in [1.29, 1.82) is 0 Å². The van der Waals surface area contributed by atoms with Gasteiger partial charge in [-0.2, -0.15) is 0 Å². The standard InChI is InChI=1S/C34H37FN2O8S/c1-36-33(38)31-29-20-28(23-8-9-23)25(19-30(29)45-32(31)24-10-12-26(35)13-11-24)21-46(41,42)37-14-16-44-18-17-43-15-4-6-22-5-2-3-7-27(22)34(39)40/h2-3,5,7,10-13,19-20,23,37H,4,6,8-9,14-18,21H2,1H3,(H,36,38)(H,39,40). The van der Waals surface area contributed by atoms with Crippen molar-refractivity contribution < 1.29 is 41.4 Å². The number of hydrogen-bond acceptors (Lipinski definition) is 7. The molecule has 3 aromatic carbocycles. The zero-order valence-electron chi connectivity index (χ0n) is 25.5. The molecule has 10 nitrogen and oxygen atoms in total. The summed E-state index contributed by atoms with van der Waals surface area (Å²) in [6.45, 7) is 1.32. The molecule has 1 amide bonds. The van der Waals surface area contributed by atoms with Crippen molar-refractivity contribution in [2.45, 2.75) is 37.4 Å². The third-order valence-electron chi connectivity index (χ3n) is 7.80. The minimum absolute atomic E-state index is 0.0889. The van der Waals surface area contributed by atoms with Gasteiger partial charge in [-0.1, -0.05) is 18.2 Å². The fourth-order valence-corrected chi connectivity index (χ4v) is 6.57. The lowest BCUT2D eigenvalue weighted by molar-refractivity contribution is 0.0491. The zero-order chi connectivity index (χ0) is 32.7. The maximum atomic E-state index is 13.6. The van der Waals surface area contributed by atoms with E-state index in [1.54, 1.807) is 24.3 Å². The second-order valence-electron chi connectivity index (χ2n) is 11.2. The minimum atomic E-state index is -3.72. The molecule has 0 radical (unpaired) electrons. The first-order valence-corrected chi connectivity index (χ1v) is 16.8. The van der Waals surface area contributed by atoms with Gasteiger partial charge < -0.3 is 24.3 Å². The van der Waals surface area contributed by atoms with Crippen LogP contribution in [0, 0.1) is 5.82 Å². The van der Waals surface area contributed by atoms with E-state index in [2.05, 4.69) is 10.0 Å². The molecule has 1 fully saturated rings. The number of ether oxygens (including phenoxy) is 2. The Morgan fingerprint density at radius 3 is 2.39 bits per heavy atom. The molecular weight excluding hydrogens is 615 g/mol. The van der Waals surface area contributed by atoms with Crippen LogP contribution in [0.4, 0.5) is 4.39 Å². The van der Waals surface area contributed by atoms with Gasteiger partial charge in [0, 0.05) is 31.1 Å². The summed E-state index contributed by atoms with van der Waals surface area (Å²) in [6, 6.07) is 16.1. The summed E-state index contributed by atoms with van der Waals surface area (Å²) in [5, 5.41) is 12.5. The Hall–Kier alpha value is -4.10. The quantitative estimate of drug-likeness (QED) is 0.131. The highest BCUT2D eigenvalue weighted by Crippen LogP contribution is 2.45. The monoisotopic (exact) mass is 652 g/mol. The predicted octanol–water partition coefficient (Wildman–Crippen LogP) is 5.26. The summed E-state index contributed by atoms with van der Waals surface area (Å²) in [5.41, 5.74) is 3.76. The summed E-state index contributed by atoms with van der Waals surface area (Å²) in [5.74, 6) is -1.48. The average molecular weight is 653 g/mol. The van der Waals surface area contributed by atoms with Crippen LogP contribution in [0.25, 0.3) is 22.3 Å². The molecule has 0 bridgehead atoms. The molecule has 1 aromatic heterocycles. The molecule has 3 N–H and O–H groups in total. The number of nitrogens with one attached hydrogen (secondary N) is 2. The zero-order valence-corrected chi connectivity index (χ0v) is 26.3. The lowest BCUT2D eigenvalue weighted by atomic mass is 9.98. The largest absolute Gasteiger partial charge is 0.478 e. The number of carboxylic acids is 1. The van der Waals surface area contributed by atoms with Crippen molar-refractivity contribution in [3.05, 3.63) is 94.3 Å². The normalized spacial score (nSPS) is 13.3. The summed E-state index contributed by atoms with van der Waals surface area (Å²) < 4.78 is 59.4. The number of aryl methyl sites for hydroxylation is 1. The molecule has 244 valence electrons. The van der Waals surface area contributed by atoms with Crippen LogP contribution in [0.15, 0.2) is 65.1 Å². The lowest BCUT2D eigenvalue weighted by Crippen LogP contribution is -2.29. The van der Waals surface area contributed by atoms with Gasteiger partial charge in [0.25, 0.3) is 5.91 Å². The Labute approximate surface area is 266 Å². The first-order valence-electron chi connectivity index (χ1n) is 15.2. The van der Waals surface area contributed by atoms with Crippen LogP contribution in [0.1, 0.15) is 62.6 Å². The smallest absolute Gasteiger partial charge is 0.335 e. The van der Waals surface area contributed by atoms with Gasteiger partial charge in [0.1, 0.15) is 17.2 Å². The van der Waals surface area contributed by atoms with Gasteiger partial charge in [0.05, 0.1) is 36.7 Å². The predicted molar refractivity (Wildman–Crippen MR) is 171 cm³/mol. The highest BCUT2D eigenvalue weighted by Gasteiger charge is 2.31. The molecule has 4 aromatic rings. The maximum absolute atomic E-state index is 13.6. The van der Waals surface area contributed by atoms with Crippen molar-refractivity contribution in [3.63, 3.8) is 0 Å². The van der Waals surface area contributed by atoms with Gasteiger partial charge in [-0.05, 0) is 90.8 Å². The fraction of sp³-hybridized carbons (Fsp3) is 0.353. The van der Waals surface area contributed by atoms with E-state index in [-0.39, 0.29) is 30.7 Å². The van der Waals surface area contributed by atoms with E-state index in [1.165, 1.54) is 31.3 Å². The molecule has 1 saturated carbocycles. The number of fused-ring (bicyclic) bond motifs is 1. The molecule has 0 atom stereocenters. The summed E-state index contributed by atoms with van der Waals surface area (Å²) in [6.07, 6.45) is 3.10. The van der Waals surface area contributed by atoms with Crippen LogP contribution < -0.4 is 10.0 Å². The Morgan fingerprint density at radius 1 is 0.978 bits per heavy atom. The maximum Gasteiger partial charge on any atom is 0.335 e. The molecule has 0 spiro atoms. The number of carbonyl (C=O) groups excluding carboxylic acids is 1. The molecule has 12 heteroatoms. The average Bonchev–Trinajstić information content (AvgIpc) is 3.82. The minimum Gasteiger partial charge on any atom is -0.478 e. The Bertz CT molecular complexity index is 1800. The van der Waals surface area contributed by atoms with E-state index in [0.717, 1.165) is 24.0 Å². The Balaban J connectivity index is 1.14. The number of furan rings is 1. The van der Waals surface area contributed by atoms with E-state index < -0.39 is 21.8 Å². The molecule has 1 heterocycles. The number of hydrogen-bond donors (Lipinski definition) is 3. The number of halogens is 1. The highest BCUT2D eigenvalue weighted by molar-refractivity contribution is 7.88. The summed E-state index contributed by atoms with van der Waals surface area (Å²) in [4.78, 5) is 24.2. The van der Waals surface area contributed by atoms with Gasteiger partial charge in [-0.15, -0.1) is 0 Å². The van der Waals surface area contributed by atoms with Gasteiger partial charge in [0.2, 0.25) is 10.0 Å². The van der Waals surface area contributed by atoms with E-state index in [4.69, 9.17) is 13.9 Å². The van der Waals surface area contributed by atoms with Crippen LogP contribution >= 0.6 is 0 Å². The number of amides is 1. The van der Waals surface area contributed by atoms with Gasteiger partial charge >= 0.3 is 5.97 Å². The van der Waals surface area contributed by atoms with Gasteiger partial charge in [-0.3, -0.25) is 4.79 Å². The SMILES string of the molecule is CNC(=O)c1c(-c2ccc(F)cc2)oc2cc(CS(=O)(=O)NCCOCCOCCCc3ccccc3C(=O)O)c(C3CC3)cc12. The van der Waals surface area contributed by atoms with Crippen molar-refractivity contribution in [3.8, 4) is 11.3 Å². The number of carboxylic acid groups (broad SMARTS) is 1. The van der Waals surface area contributed by atoms with Crippen molar-refractivity contribution >= 4 is 32.9 Å². The van der Waals surface area contributed by atoms with Crippen LogP contribution in [0.3, 0.4) is 0 Å². The molecule has 0 saturated heterocycles. The third-order valence-corrected chi connectivity index (χ3v) is 9.13. The summed E-state index contributed by atoms with van der Waals surface area (Å²) >= 11 is 0. The van der Waals surface area contributed by atoms with Crippen LogP contribution in [0.2, 0.25) is 0 Å². The third kappa shape index (κ3) is 8.38. The molecule has 0 aliphatic heterocycles. The first kappa shape index (κ1) is 33.3. The molecule has 1 aliphatic rings. The molecule has 0 unspecified atom stereocenters.